The quantitative estimate of drug-likeness (QED) is 0.109. The summed E-state index contributed by atoms with van der Waals surface area (Å²) < 4.78 is 23.2. The highest BCUT2D eigenvalue weighted by atomic mass is 31.2. The SMILES string of the molecule is CCCCOCCOP(=O)(O)C1=C[C@H](N=C(N)N)[C@@H](C)[C@H]([C@H](O)[C@H](O)CO)C1.[3HH]. The van der Waals surface area contributed by atoms with Crippen molar-refractivity contribution in [2.75, 3.05) is 26.4 Å². The van der Waals surface area contributed by atoms with Crippen LogP contribution in [-0.4, -0.2) is 70.8 Å². The number of hydrogen-bond donors (Lipinski definition) is 6. The van der Waals surface area contributed by atoms with Gasteiger partial charge in [-0.2, -0.15) is 0 Å². The van der Waals surface area contributed by atoms with Gasteiger partial charge in [-0.25, -0.2) is 4.99 Å². The van der Waals surface area contributed by atoms with Crippen molar-refractivity contribution in [3.8, 4) is 0 Å². The fourth-order valence-corrected chi connectivity index (χ4v) is 4.38. The molecule has 0 aliphatic heterocycles. The van der Waals surface area contributed by atoms with Gasteiger partial charge in [0.15, 0.2) is 5.96 Å². The first-order valence-electron chi connectivity index (χ1n) is 9.46. The molecule has 166 valence electrons. The maximum absolute atomic E-state index is 12.7. The minimum atomic E-state index is -4.17. The van der Waals surface area contributed by atoms with Crippen LogP contribution in [0.5, 0.6) is 0 Å². The summed E-state index contributed by atoms with van der Waals surface area (Å²) in [5, 5.41) is 29.4. The first kappa shape index (κ1) is 25.0. The molecule has 11 heteroatoms. The molecule has 28 heavy (non-hydrogen) atoms. The number of guanidine groups is 1. The van der Waals surface area contributed by atoms with Crippen molar-refractivity contribution >= 4 is 13.6 Å². The maximum atomic E-state index is 12.7. The first-order chi connectivity index (χ1) is 13.1. The van der Waals surface area contributed by atoms with Gasteiger partial charge in [0.2, 0.25) is 0 Å². The van der Waals surface area contributed by atoms with Crippen LogP contribution >= 0.6 is 7.60 Å². The Morgan fingerprint density at radius 3 is 2.64 bits per heavy atom. The Morgan fingerprint density at radius 2 is 2.07 bits per heavy atom. The van der Waals surface area contributed by atoms with Crippen molar-refractivity contribution in [3.63, 3.8) is 0 Å². The molecular weight excluding hydrogens is 389 g/mol. The summed E-state index contributed by atoms with van der Waals surface area (Å²) in [4.78, 5) is 14.4. The van der Waals surface area contributed by atoms with E-state index >= 15 is 0 Å². The summed E-state index contributed by atoms with van der Waals surface area (Å²) in [6.07, 6.45) is 0.639. The fraction of sp³-hybridized carbons (Fsp3) is 0.824. The molecule has 0 aromatic carbocycles. The van der Waals surface area contributed by atoms with E-state index in [9.17, 15) is 19.7 Å². The predicted octanol–water partition coefficient (Wildman–Crippen LogP) is 0.147. The van der Waals surface area contributed by atoms with Crippen molar-refractivity contribution in [1.82, 2.24) is 0 Å². The zero-order valence-corrected chi connectivity index (χ0v) is 17.4. The van der Waals surface area contributed by atoms with Crippen LogP contribution in [0.15, 0.2) is 16.4 Å². The highest BCUT2D eigenvalue weighted by molar-refractivity contribution is 7.57. The third-order valence-electron chi connectivity index (χ3n) is 4.84. The second-order valence-electron chi connectivity index (χ2n) is 6.99. The van der Waals surface area contributed by atoms with E-state index in [0.717, 1.165) is 12.8 Å². The first-order valence-corrected chi connectivity index (χ1v) is 11.0. The molecule has 0 radical (unpaired) electrons. The second kappa shape index (κ2) is 11.9. The molecule has 6 atom stereocenters. The van der Waals surface area contributed by atoms with Gasteiger partial charge in [-0.15, -0.1) is 0 Å². The average molecular weight is 427 g/mol. The molecule has 1 unspecified atom stereocenters. The number of aliphatic hydroxyl groups excluding tert-OH is 3. The van der Waals surface area contributed by atoms with Gasteiger partial charge in [-0.05, 0) is 30.8 Å². The highest BCUT2D eigenvalue weighted by Crippen LogP contribution is 2.56. The molecule has 1 rings (SSSR count). The summed E-state index contributed by atoms with van der Waals surface area (Å²) in [6.45, 7) is 3.82. The summed E-state index contributed by atoms with van der Waals surface area (Å²) in [5.41, 5.74) is 10.9. The Labute approximate surface area is 167 Å². The Hall–Kier alpha value is -1.00. The molecule has 0 fully saturated rings. The minimum Gasteiger partial charge on any atom is -0.394 e. The molecule has 8 N–H and O–H groups in total. The minimum absolute atomic E-state index is 0. The van der Waals surface area contributed by atoms with Crippen LogP contribution < -0.4 is 11.5 Å². The van der Waals surface area contributed by atoms with E-state index in [-0.39, 0.29) is 38.3 Å². The van der Waals surface area contributed by atoms with Gasteiger partial charge in [0.25, 0.3) is 0 Å². The lowest BCUT2D eigenvalue weighted by atomic mass is 9.76. The molecule has 0 heterocycles. The number of rotatable bonds is 12. The van der Waals surface area contributed by atoms with Gasteiger partial charge in [-0.3, -0.25) is 4.57 Å². The van der Waals surface area contributed by atoms with Gasteiger partial charge in [0, 0.05) is 13.3 Å². The van der Waals surface area contributed by atoms with Gasteiger partial charge >= 0.3 is 7.60 Å². The summed E-state index contributed by atoms with van der Waals surface area (Å²) in [6, 6.07) is -0.677. The lowest BCUT2D eigenvalue weighted by Crippen LogP contribution is -2.44. The van der Waals surface area contributed by atoms with Crippen molar-refractivity contribution in [2.24, 2.45) is 28.3 Å². The van der Waals surface area contributed by atoms with Gasteiger partial charge in [0.05, 0.1) is 32.0 Å². The highest BCUT2D eigenvalue weighted by Gasteiger charge is 2.42. The molecule has 10 nitrogen and oxygen atoms in total. The largest absolute Gasteiger partial charge is 0.394 e. The van der Waals surface area contributed by atoms with Crippen molar-refractivity contribution in [1.29, 1.82) is 0 Å². The smallest absolute Gasteiger partial charge is 0.354 e. The molecular formula is C17H36N3O7P. The van der Waals surface area contributed by atoms with E-state index in [0.29, 0.717) is 6.61 Å². The summed E-state index contributed by atoms with van der Waals surface area (Å²) in [7, 11) is -4.17. The molecule has 1 aliphatic rings. The van der Waals surface area contributed by atoms with E-state index in [4.69, 9.17) is 25.8 Å². The van der Waals surface area contributed by atoms with Crippen LogP contribution in [0.1, 0.15) is 34.5 Å². The van der Waals surface area contributed by atoms with E-state index in [1.807, 2.05) is 6.92 Å². The fourth-order valence-electron chi connectivity index (χ4n) is 3.11. The monoisotopic (exact) mass is 427 g/mol. The number of aliphatic hydroxyl groups is 3. The van der Waals surface area contributed by atoms with Crippen LogP contribution in [0.4, 0.5) is 0 Å². The molecule has 0 bridgehead atoms. The Balaban J connectivity index is 0.00000784. The molecule has 0 aromatic rings. The second-order valence-corrected chi connectivity index (χ2v) is 8.86. The third-order valence-corrected chi connectivity index (χ3v) is 6.43. The van der Waals surface area contributed by atoms with Crippen molar-refractivity contribution in [3.05, 3.63) is 11.4 Å². The van der Waals surface area contributed by atoms with Crippen LogP contribution in [-0.2, 0) is 13.8 Å². The molecule has 1 aliphatic carbocycles. The molecule has 0 amide bonds. The number of ether oxygens (including phenoxy) is 1. The molecule has 0 aromatic heterocycles. The number of nitrogens with two attached hydrogens (primary N) is 2. The lowest BCUT2D eigenvalue weighted by molar-refractivity contribution is -0.0569. The van der Waals surface area contributed by atoms with Crippen molar-refractivity contribution < 1.29 is 35.5 Å². The zero-order valence-electron chi connectivity index (χ0n) is 16.5. The van der Waals surface area contributed by atoms with Crippen LogP contribution in [0, 0.1) is 11.8 Å². The lowest BCUT2D eigenvalue weighted by Gasteiger charge is -2.37. The third kappa shape index (κ3) is 7.44. The molecule has 0 saturated carbocycles. The van der Waals surface area contributed by atoms with Gasteiger partial charge in [0.1, 0.15) is 6.10 Å². The van der Waals surface area contributed by atoms with Gasteiger partial charge < -0.3 is 40.9 Å². The number of allylic oxidation sites excluding steroid dienone is 1. The predicted molar refractivity (Wildman–Crippen MR) is 108 cm³/mol. The summed E-state index contributed by atoms with van der Waals surface area (Å²) in [5.74, 6) is -1.21. The number of aliphatic imine (C=N–C) groups is 1. The van der Waals surface area contributed by atoms with Crippen molar-refractivity contribution in [2.45, 2.75) is 51.4 Å². The van der Waals surface area contributed by atoms with E-state index in [1.54, 1.807) is 6.92 Å². The molecule has 0 spiro atoms. The van der Waals surface area contributed by atoms with Crippen LogP contribution in [0.2, 0.25) is 0 Å². The standard InChI is InChI=1S/C17H34N3O7P.H2/c1-3-4-5-26-6-7-27-28(24,25)12-8-13(16(23)15(22)10-21)11(2)14(9-12)20-17(18)19;/h9,11,13-16,21-23H,3-8,10H2,1-2H3,(H,24,25)(H4,18,19,20);1H/t11-,13+,14-,15+,16-;/m0./s1/i;1+2. The van der Waals surface area contributed by atoms with Crippen LogP contribution in [0.3, 0.4) is 0 Å². The number of nitrogens with zero attached hydrogens (tertiary/aromatic N) is 1. The maximum Gasteiger partial charge on any atom is 0.354 e. The van der Waals surface area contributed by atoms with E-state index in [2.05, 4.69) is 4.99 Å². The van der Waals surface area contributed by atoms with Gasteiger partial charge in [-0.1, -0.05) is 20.3 Å². The Bertz CT molecular complexity index is 589. The van der Waals surface area contributed by atoms with Crippen LogP contribution in [0.25, 0.3) is 0 Å². The Morgan fingerprint density at radius 1 is 1.39 bits per heavy atom. The van der Waals surface area contributed by atoms with E-state index < -0.39 is 38.4 Å². The Kier molecular flexibility index (Phi) is 10.6. The number of unbranched alkanes of at least 4 members (excludes halogenated alkanes) is 1. The number of hydrogen-bond acceptors (Lipinski definition) is 7. The molecule has 0 saturated heterocycles. The topological polar surface area (TPSA) is 181 Å². The average Bonchev–Trinajstić information content (AvgIpc) is 2.64. The van der Waals surface area contributed by atoms with E-state index in [1.165, 1.54) is 6.08 Å². The zero-order chi connectivity index (χ0) is 21.3. The normalized spacial score (nSPS) is 26.8. The summed E-state index contributed by atoms with van der Waals surface area (Å²) >= 11 is 0.